The lowest BCUT2D eigenvalue weighted by Gasteiger charge is -2.13. The third-order valence-corrected chi connectivity index (χ3v) is 5.82. The molecule has 17 heavy (non-hydrogen) atoms. The molecule has 1 rings (SSSR count). The first-order valence-corrected chi connectivity index (χ1v) is 8.94. The van der Waals surface area contributed by atoms with Gasteiger partial charge in [0.15, 0.2) is 0 Å². The van der Waals surface area contributed by atoms with Crippen LogP contribution in [0.4, 0.5) is 0 Å². The van der Waals surface area contributed by atoms with Crippen molar-refractivity contribution in [1.82, 2.24) is 0 Å². The van der Waals surface area contributed by atoms with E-state index in [-0.39, 0.29) is 21.5 Å². The number of hydrogen-bond donors (Lipinski definition) is 0. The molecule has 0 aromatic carbocycles. The molecule has 1 aliphatic heterocycles. The van der Waals surface area contributed by atoms with Crippen molar-refractivity contribution in [2.24, 2.45) is 0 Å². The Labute approximate surface area is 115 Å². The number of methoxy groups -OCH3 is 2. The maximum Gasteiger partial charge on any atom is 0.220 e. The average molecular weight is 296 g/mol. The summed E-state index contributed by atoms with van der Waals surface area (Å²) in [5.74, 6) is 0.963. The number of rotatable bonds is 9. The van der Waals surface area contributed by atoms with Crippen LogP contribution in [0.2, 0.25) is 6.04 Å². The van der Waals surface area contributed by atoms with E-state index in [1.807, 2.05) is 0 Å². The van der Waals surface area contributed by atoms with Crippen molar-refractivity contribution in [3.8, 4) is 0 Å². The van der Waals surface area contributed by atoms with Crippen molar-refractivity contribution in [3.05, 3.63) is 0 Å². The summed E-state index contributed by atoms with van der Waals surface area (Å²) in [4.78, 5) is 0. The molecule has 0 aromatic heterocycles. The first-order chi connectivity index (χ1) is 8.26. The lowest BCUT2D eigenvalue weighted by molar-refractivity contribution is -0.0442. The van der Waals surface area contributed by atoms with E-state index in [2.05, 4.69) is 0 Å². The Morgan fingerprint density at radius 2 is 2.29 bits per heavy atom. The van der Waals surface area contributed by atoms with Gasteiger partial charge in [-0.05, 0) is 18.6 Å². The molecule has 0 aromatic rings. The highest BCUT2D eigenvalue weighted by Gasteiger charge is 2.21. The summed E-state index contributed by atoms with van der Waals surface area (Å²) in [6.45, 7) is 1.43. The molecule has 0 radical (unpaired) electrons. The zero-order valence-corrected chi connectivity index (χ0v) is 13.4. The molecule has 0 aliphatic carbocycles. The minimum absolute atomic E-state index is 0.0435. The standard InChI is InChI=1S/C10H20O4S2Si/c1-11-9(12-2)17-5-3-4-13-6-8-7-16-10(15)14-8/h8-9H,3-7,17H2,1-2H3. The summed E-state index contributed by atoms with van der Waals surface area (Å²) in [6.07, 6.45) is 1.22. The molecule has 7 heteroatoms. The van der Waals surface area contributed by atoms with Gasteiger partial charge in [0.2, 0.25) is 4.38 Å². The molecule has 0 N–H and O–H groups in total. The molecule has 1 fully saturated rings. The van der Waals surface area contributed by atoms with Crippen LogP contribution < -0.4 is 0 Å². The Kier molecular flexibility index (Phi) is 8.41. The fraction of sp³-hybridized carbons (Fsp3) is 0.900. The lowest BCUT2D eigenvalue weighted by Crippen LogP contribution is -2.22. The molecule has 0 bridgehead atoms. The smallest absolute Gasteiger partial charge is 0.220 e. The van der Waals surface area contributed by atoms with Crippen LogP contribution in [0.1, 0.15) is 6.42 Å². The molecule has 4 nitrogen and oxygen atoms in total. The van der Waals surface area contributed by atoms with E-state index in [0.29, 0.717) is 11.0 Å². The monoisotopic (exact) mass is 296 g/mol. The summed E-state index contributed by atoms with van der Waals surface area (Å²) >= 11 is 6.52. The summed E-state index contributed by atoms with van der Waals surface area (Å²) in [5.41, 5.74) is 0. The molecule has 0 spiro atoms. The van der Waals surface area contributed by atoms with Gasteiger partial charge in [-0.1, -0.05) is 17.8 Å². The summed E-state index contributed by atoms with van der Waals surface area (Å²) < 4.78 is 21.9. The summed E-state index contributed by atoms with van der Waals surface area (Å²) in [7, 11) is 3.07. The minimum atomic E-state index is -0.309. The molecule has 1 heterocycles. The largest absolute Gasteiger partial charge is 0.472 e. The van der Waals surface area contributed by atoms with Crippen LogP contribution in [0.3, 0.4) is 0 Å². The Bertz CT molecular complexity index is 226. The molecule has 1 aliphatic rings. The number of hydrogen-bond acceptors (Lipinski definition) is 6. The highest BCUT2D eigenvalue weighted by Crippen LogP contribution is 2.20. The van der Waals surface area contributed by atoms with Crippen molar-refractivity contribution in [2.75, 3.05) is 33.2 Å². The molecule has 0 saturated carbocycles. The van der Waals surface area contributed by atoms with E-state index in [0.717, 1.165) is 18.8 Å². The third kappa shape index (κ3) is 6.73. The zero-order chi connectivity index (χ0) is 12.5. The maximum absolute atomic E-state index is 5.56. The Hall–Kier alpha value is 0.337. The molecule has 1 unspecified atom stereocenters. The first kappa shape index (κ1) is 15.4. The van der Waals surface area contributed by atoms with Crippen LogP contribution in [-0.2, 0) is 18.9 Å². The predicted molar refractivity (Wildman–Crippen MR) is 76.5 cm³/mol. The average Bonchev–Trinajstić information content (AvgIpc) is 2.74. The minimum Gasteiger partial charge on any atom is -0.472 e. The molecule has 0 amide bonds. The molecule has 1 atom stereocenters. The Morgan fingerprint density at radius 1 is 1.53 bits per heavy atom. The molecule has 1 saturated heterocycles. The van der Waals surface area contributed by atoms with Gasteiger partial charge >= 0.3 is 0 Å². The summed E-state index contributed by atoms with van der Waals surface area (Å²) in [5, 5.41) is 0. The third-order valence-electron chi connectivity index (χ3n) is 2.46. The van der Waals surface area contributed by atoms with Crippen molar-refractivity contribution < 1.29 is 18.9 Å². The Balaban J connectivity index is 1.89. The van der Waals surface area contributed by atoms with Crippen LogP contribution in [-0.4, -0.2) is 59.1 Å². The highest BCUT2D eigenvalue weighted by molar-refractivity contribution is 8.22. The van der Waals surface area contributed by atoms with E-state index >= 15 is 0 Å². The first-order valence-electron chi connectivity index (χ1n) is 5.73. The summed E-state index contributed by atoms with van der Waals surface area (Å²) in [6, 6.07) is 1.17. The second-order valence-corrected chi connectivity index (χ2v) is 7.35. The second kappa shape index (κ2) is 9.29. The van der Waals surface area contributed by atoms with Gasteiger partial charge in [0.05, 0.1) is 16.1 Å². The van der Waals surface area contributed by atoms with Gasteiger partial charge in [-0.15, -0.1) is 0 Å². The highest BCUT2D eigenvalue weighted by atomic mass is 32.2. The van der Waals surface area contributed by atoms with Gasteiger partial charge in [0.1, 0.15) is 12.0 Å². The quantitative estimate of drug-likeness (QED) is 0.273. The molecular weight excluding hydrogens is 276 g/mol. The van der Waals surface area contributed by atoms with Crippen molar-refractivity contribution in [3.63, 3.8) is 0 Å². The van der Waals surface area contributed by atoms with Crippen molar-refractivity contribution in [1.29, 1.82) is 0 Å². The topological polar surface area (TPSA) is 36.9 Å². The maximum atomic E-state index is 5.56. The van der Waals surface area contributed by atoms with Crippen LogP contribution in [0.5, 0.6) is 0 Å². The van der Waals surface area contributed by atoms with Gasteiger partial charge in [-0.3, -0.25) is 0 Å². The molecule has 100 valence electrons. The van der Waals surface area contributed by atoms with Gasteiger partial charge in [-0.2, -0.15) is 0 Å². The number of ether oxygens (including phenoxy) is 4. The Morgan fingerprint density at radius 3 is 2.88 bits per heavy atom. The van der Waals surface area contributed by atoms with Gasteiger partial charge in [0.25, 0.3) is 0 Å². The fourth-order valence-electron chi connectivity index (χ4n) is 1.51. The lowest BCUT2D eigenvalue weighted by atomic mass is 10.4. The van der Waals surface area contributed by atoms with E-state index < -0.39 is 0 Å². The van der Waals surface area contributed by atoms with E-state index in [1.165, 1.54) is 6.04 Å². The van der Waals surface area contributed by atoms with E-state index in [1.54, 1.807) is 26.0 Å². The number of thioether (sulfide) groups is 1. The van der Waals surface area contributed by atoms with E-state index in [4.69, 9.17) is 31.2 Å². The van der Waals surface area contributed by atoms with Crippen LogP contribution in [0.25, 0.3) is 0 Å². The predicted octanol–water partition coefficient (Wildman–Crippen LogP) is 0.973. The normalized spacial score (nSPS) is 20.6. The van der Waals surface area contributed by atoms with Crippen molar-refractivity contribution in [2.45, 2.75) is 24.5 Å². The van der Waals surface area contributed by atoms with Crippen molar-refractivity contribution >= 4 is 37.9 Å². The van der Waals surface area contributed by atoms with Gasteiger partial charge < -0.3 is 18.9 Å². The van der Waals surface area contributed by atoms with E-state index in [9.17, 15) is 0 Å². The number of thiocarbonyl (C=S) groups is 1. The SMILES string of the molecule is COC(OC)[SiH2]CCCOCC1CSC(=S)O1. The van der Waals surface area contributed by atoms with Crippen LogP contribution >= 0.6 is 24.0 Å². The van der Waals surface area contributed by atoms with Crippen LogP contribution in [0.15, 0.2) is 0 Å². The van der Waals surface area contributed by atoms with Gasteiger partial charge in [-0.25, -0.2) is 0 Å². The van der Waals surface area contributed by atoms with Crippen LogP contribution in [0, 0.1) is 0 Å². The fourth-order valence-corrected chi connectivity index (χ4v) is 3.84. The molecular formula is C10H20O4S2Si. The second-order valence-electron chi connectivity index (χ2n) is 3.77. The zero-order valence-electron chi connectivity index (χ0n) is 10.3. The van der Waals surface area contributed by atoms with Gasteiger partial charge in [0, 0.05) is 26.6 Å².